The maximum Gasteiger partial charge on any atom is 0.335 e. The molecule has 0 N–H and O–H groups in total. The van der Waals surface area contributed by atoms with Crippen molar-refractivity contribution in [2.45, 2.75) is 11.3 Å². The fourth-order valence-corrected chi connectivity index (χ4v) is 3.28. The molecule has 21 heavy (non-hydrogen) atoms. The summed E-state index contributed by atoms with van der Waals surface area (Å²) in [7, 11) is -3.51. The molecule has 6 heteroatoms. The Bertz CT molecular complexity index is 789. The van der Waals surface area contributed by atoms with Crippen LogP contribution in [0.25, 0.3) is 0 Å². The summed E-state index contributed by atoms with van der Waals surface area (Å²) in [5, 5.41) is 0. The molecule has 1 heterocycles. The van der Waals surface area contributed by atoms with E-state index < -0.39 is 15.1 Å². The van der Waals surface area contributed by atoms with Crippen molar-refractivity contribution in [3.63, 3.8) is 0 Å². The molecule has 0 bridgehead atoms. The highest BCUT2D eigenvalue weighted by molar-refractivity contribution is 7.86. The van der Waals surface area contributed by atoms with E-state index in [0.29, 0.717) is 5.69 Å². The molecule has 2 aromatic rings. The number of benzene rings is 2. The van der Waals surface area contributed by atoms with E-state index in [1.165, 1.54) is 24.8 Å². The van der Waals surface area contributed by atoms with Crippen molar-refractivity contribution in [1.29, 1.82) is 0 Å². The maximum atomic E-state index is 13.4. The Morgan fingerprint density at radius 1 is 1.19 bits per heavy atom. The number of ether oxygens (including phenoxy) is 1. The first-order valence-corrected chi connectivity index (χ1v) is 7.87. The van der Waals surface area contributed by atoms with Gasteiger partial charge in [0.15, 0.2) is 0 Å². The van der Waals surface area contributed by atoms with Crippen LogP contribution in [0.5, 0.6) is 5.75 Å². The van der Waals surface area contributed by atoms with Crippen LogP contribution in [0.3, 0.4) is 0 Å². The Morgan fingerprint density at radius 3 is 2.67 bits per heavy atom. The molecular weight excluding hydrogens is 293 g/mol. The zero-order valence-electron chi connectivity index (χ0n) is 11.4. The van der Waals surface area contributed by atoms with E-state index in [1.807, 2.05) is 29.2 Å². The molecule has 1 aliphatic heterocycles. The smallest absolute Gasteiger partial charge is 0.335 e. The zero-order chi connectivity index (χ0) is 15.0. The normalized spacial score (nSPS) is 14.1. The average Bonchev–Trinajstić information content (AvgIpc) is 2.89. The molecule has 3 rings (SSSR count). The molecule has 0 saturated heterocycles. The summed E-state index contributed by atoms with van der Waals surface area (Å²) in [6, 6.07) is 12.4. The number of hydrogen-bond donors (Lipinski definition) is 0. The number of fused-ring (bicyclic) bond motifs is 1. The number of hydrogen-bond acceptors (Lipinski definition) is 4. The van der Waals surface area contributed by atoms with E-state index in [-0.39, 0.29) is 5.75 Å². The first-order valence-electron chi connectivity index (χ1n) is 6.49. The van der Waals surface area contributed by atoms with Crippen LogP contribution in [-0.2, 0) is 16.6 Å². The Hall–Kier alpha value is -2.08. The van der Waals surface area contributed by atoms with E-state index in [9.17, 15) is 12.3 Å². The lowest BCUT2D eigenvalue weighted by atomic mass is 10.2. The lowest BCUT2D eigenvalue weighted by Gasteiger charge is -2.20. The largest absolute Gasteiger partial charge is 0.495 e. The van der Waals surface area contributed by atoms with Gasteiger partial charge in [0.25, 0.3) is 0 Å². The van der Waals surface area contributed by atoms with E-state index in [0.717, 1.165) is 18.7 Å². The van der Waals surface area contributed by atoms with Gasteiger partial charge >= 0.3 is 10.2 Å². The van der Waals surface area contributed by atoms with Crippen LogP contribution in [0.1, 0.15) is 5.56 Å². The average molecular weight is 307 g/mol. The number of nitrogens with zero attached hydrogens (tertiary/aromatic N) is 1. The van der Waals surface area contributed by atoms with Gasteiger partial charge in [0, 0.05) is 17.9 Å². The second-order valence-corrected chi connectivity index (χ2v) is 6.12. The molecule has 4 nitrogen and oxygen atoms in total. The first kappa shape index (κ1) is 13.9. The highest BCUT2D eigenvalue weighted by Crippen LogP contribution is 2.37. The molecule has 110 valence electrons. The summed E-state index contributed by atoms with van der Waals surface area (Å²) >= 11 is 0. The van der Waals surface area contributed by atoms with Gasteiger partial charge in [-0.15, -0.1) is 3.89 Å². The van der Waals surface area contributed by atoms with Crippen LogP contribution in [0.4, 0.5) is 15.3 Å². The Balaban J connectivity index is 2.09. The van der Waals surface area contributed by atoms with Crippen molar-refractivity contribution in [1.82, 2.24) is 0 Å². The van der Waals surface area contributed by atoms with E-state index >= 15 is 0 Å². The van der Waals surface area contributed by atoms with Gasteiger partial charge in [-0.2, -0.15) is 8.42 Å². The lowest BCUT2D eigenvalue weighted by Crippen LogP contribution is -2.13. The summed E-state index contributed by atoms with van der Waals surface area (Å²) in [5.41, 5.74) is 2.85. The fourth-order valence-electron chi connectivity index (χ4n) is 2.63. The minimum absolute atomic E-state index is 0.00809. The number of para-hydroxylation sites is 1. The van der Waals surface area contributed by atoms with E-state index in [4.69, 9.17) is 4.74 Å². The predicted molar refractivity (Wildman–Crippen MR) is 78.4 cm³/mol. The van der Waals surface area contributed by atoms with Gasteiger partial charge in [-0.05, 0) is 36.2 Å². The molecule has 0 spiro atoms. The Labute approximate surface area is 123 Å². The van der Waals surface area contributed by atoms with Gasteiger partial charge in [-0.25, -0.2) is 0 Å². The second kappa shape index (κ2) is 5.04. The fraction of sp³-hybridized carbons (Fsp3) is 0.200. The highest BCUT2D eigenvalue weighted by Gasteiger charge is 2.24. The quantitative estimate of drug-likeness (QED) is 0.818. The van der Waals surface area contributed by atoms with Crippen LogP contribution < -0.4 is 9.64 Å². The molecule has 0 amide bonds. The minimum Gasteiger partial charge on any atom is -0.495 e. The molecular formula is C15H14FNO3S. The topological polar surface area (TPSA) is 46.6 Å². The monoisotopic (exact) mass is 307 g/mol. The van der Waals surface area contributed by atoms with Gasteiger partial charge < -0.3 is 9.64 Å². The summed E-state index contributed by atoms with van der Waals surface area (Å²) in [6.07, 6.45) is 0.875. The van der Waals surface area contributed by atoms with Gasteiger partial charge in [0.2, 0.25) is 0 Å². The van der Waals surface area contributed by atoms with E-state index in [2.05, 4.69) is 0 Å². The van der Waals surface area contributed by atoms with Crippen LogP contribution in [0, 0.1) is 0 Å². The van der Waals surface area contributed by atoms with Crippen LogP contribution in [0.2, 0.25) is 0 Å². The molecule has 1 aliphatic rings. The van der Waals surface area contributed by atoms with Crippen LogP contribution in [-0.4, -0.2) is 22.1 Å². The molecule has 0 unspecified atom stereocenters. The predicted octanol–water partition coefficient (Wildman–Crippen LogP) is 3.05. The lowest BCUT2D eigenvalue weighted by molar-refractivity contribution is 0.401. The van der Waals surface area contributed by atoms with Crippen molar-refractivity contribution in [3.05, 3.63) is 48.0 Å². The Kier molecular flexibility index (Phi) is 3.33. The summed E-state index contributed by atoms with van der Waals surface area (Å²) in [6.45, 7) is 0.734. The molecule has 0 fully saturated rings. The third-order valence-corrected chi connectivity index (χ3v) is 4.45. The third kappa shape index (κ3) is 2.47. The number of methoxy groups -OCH3 is 1. The van der Waals surface area contributed by atoms with Gasteiger partial charge in [0.1, 0.15) is 10.6 Å². The summed E-state index contributed by atoms with van der Waals surface area (Å²) < 4.78 is 40.8. The van der Waals surface area contributed by atoms with Crippen molar-refractivity contribution in [3.8, 4) is 5.75 Å². The Morgan fingerprint density at radius 2 is 1.95 bits per heavy atom. The zero-order valence-corrected chi connectivity index (χ0v) is 12.2. The van der Waals surface area contributed by atoms with Crippen molar-refractivity contribution < 1.29 is 17.0 Å². The van der Waals surface area contributed by atoms with Gasteiger partial charge in [-0.3, -0.25) is 0 Å². The minimum atomic E-state index is -4.83. The molecule has 0 aliphatic carbocycles. The SMILES string of the molecule is COc1ccc(N2CCc3ccccc32)cc1S(=O)(=O)F. The van der Waals surface area contributed by atoms with Crippen LogP contribution >= 0.6 is 0 Å². The molecule has 2 aromatic carbocycles. The van der Waals surface area contributed by atoms with Gasteiger partial charge in [-0.1, -0.05) is 18.2 Å². The molecule has 0 atom stereocenters. The number of anilines is 2. The van der Waals surface area contributed by atoms with Gasteiger partial charge in [0.05, 0.1) is 7.11 Å². The van der Waals surface area contributed by atoms with Crippen LogP contribution in [0.15, 0.2) is 47.4 Å². The number of halogens is 1. The third-order valence-electron chi connectivity index (χ3n) is 3.61. The highest BCUT2D eigenvalue weighted by atomic mass is 32.3. The van der Waals surface area contributed by atoms with E-state index in [1.54, 1.807) is 6.07 Å². The maximum absolute atomic E-state index is 13.4. The molecule has 0 radical (unpaired) electrons. The second-order valence-electron chi connectivity index (χ2n) is 4.80. The number of rotatable bonds is 3. The molecule has 0 aromatic heterocycles. The van der Waals surface area contributed by atoms with Crippen molar-refractivity contribution in [2.75, 3.05) is 18.6 Å². The van der Waals surface area contributed by atoms with Crippen molar-refractivity contribution in [2.24, 2.45) is 0 Å². The standard InChI is InChI=1S/C15H14FNO3S/c1-20-14-7-6-12(10-15(14)21(16,18)19)17-9-8-11-4-2-3-5-13(11)17/h2-7,10H,8-9H2,1H3. The summed E-state index contributed by atoms with van der Waals surface area (Å²) in [4.78, 5) is 1.54. The molecule has 0 saturated carbocycles. The first-order chi connectivity index (χ1) is 10.0. The van der Waals surface area contributed by atoms with Crippen molar-refractivity contribution >= 4 is 21.6 Å². The summed E-state index contributed by atoms with van der Waals surface area (Å²) in [5.74, 6) is 0.00809.